The predicted molar refractivity (Wildman–Crippen MR) is 79.1 cm³/mol. The van der Waals surface area contributed by atoms with Gasteiger partial charge in [-0.2, -0.15) is 0 Å². The molecule has 128 valence electrons. The standard InChI is InChI=1S/C17H24O6/c1-5-16(2,3)15(20)21-8-12(18)22-13-9-6-10-11(7-9)17(13,4)23-14(10)19/h9-11,13H,5-8H2,1-4H3. The Balaban J connectivity index is 1.57. The Morgan fingerprint density at radius 3 is 2.70 bits per heavy atom. The van der Waals surface area contributed by atoms with Gasteiger partial charge in [-0.3, -0.25) is 9.59 Å². The number of hydrogen-bond acceptors (Lipinski definition) is 6. The van der Waals surface area contributed by atoms with Gasteiger partial charge in [0.1, 0.15) is 11.7 Å². The van der Waals surface area contributed by atoms with Gasteiger partial charge in [-0.25, -0.2) is 4.79 Å². The predicted octanol–water partition coefficient (Wildman–Crippen LogP) is 1.85. The van der Waals surface area contributed by atoms with Crippen LogP contribution in [0.15, 0.2) is 0 Å². The molecule has 0 amide bonds. The largest absolute Gasteiger partial charge is 0.455 e. The van der Waals surface area contributed by atoms with Crippen molar-refractivity contribution in [2.45, 2.75) is 58.7 Å². The minimum Gasteiger partial charge on any atom is -0.455 e. The first-order chi connectivity index (χ1) is 10.7. The van der Waals surface area contributed by atoms with E-state index < -0.39 is 35.7 Å². The Kier molecular flexibility index (Phi) is 3.69. The van der Waals surface area contributed by atoms with Crippen molar-refractivity contribution >= 4 is 17.9 Å². The Hall–Kier alpha value is -1.59. The molecule has 1 aliphatic heterocycles. The lowest BCUT2D eigenvalue weighted by atomic mass is 9.79. The molecule has 2 bridgehead atoms. The van der Waals surface area contributed by atoms with Crippen LogP contribution in [0.5, 0.6) is 0 Å². The molecule has 5 unspecified atom stereocenters. The van der Waals surface area contributed by atoms with Crippen molar-refractivity contribution in [3.8, 4) is 0 Å². The van der Waals surface area contributed by atoms with Crippen LogP contribution >= 0.6 is 0 Å². The second-order valence-electron chi connectivity index (χ2n) is 7.77. The van der Waals surface area contributed by atoms with E-state index in [1.807, 2.05) is 13.8 Å². The molecule has 3 fully saturated rings. The van der Waals surface area contributed by atoms with Crippen molar-refractivity contribution in [1.82, 2.24) is 0 Å². The molecule has 0 spiro atoms. The van der Waals surface area contributed by atoms with Crippen molar-refractivity contribution in [2.75, 3.05) is 6.61 Å². The van der Waals surface area contributed by atoms with Gasteiger partial charge >= 0.3 is 17.9 Å². The topological polar surface area (TPSA) is 78.9 Å². The maximum absolute atomic E-state index is 12.1. The summed E-state index contributed by atoms with van der Waals surface area (Å²) in [5.74, 6) is -0.905. The number of ether oxygens (including phenoxy) is 3. The Labute approximate surface area is 135 Å². The van der Waals surface area contributed by atoms with Crippen LogP contribution in [0.25, 0.3) is 0 Å². The summed E-state index contributed by atoms with van der Waals surface area (Å²) in [6.45, 7) is 6.88. The molecule has 0 radical (unpaired) electrons. The summed E-state index contributed by atoms with van der Waals surface area (Å²) in [7, 11) is 0. The van der Waals surface area contributed by atoms with E-state index in [0.29, 0.717) is 6.42 Å². The lowest BCUT2D eigenvalue weighted by Gasteiger charge is -2.34. The number of carbonyl (C=O) groups is 3. The zero-order valence-corrected chi connectivity index (χ0v) is 14.1. The van der Waals surface area contributed by atoms with Crippen molar-refractivity contribution in [3.05, 3.63) is 0 Å². The molecular formula is C17H24O6. The summed E-state index contributed by atoms with van der Waals surface area (Å²) >= 11 is 0. The fourth-order valence-electron chi connectivity index (χ4n) is 4.18. The molecule has 1 heterocycles. The van der Waals surface area contributed by atoms with Crippen LogP contribution < -0.4 is 0 Å². The van der Waals surface area contributed by atoms with Crippen LogP contribution in [0, 0.1) is 23.2 Å². The smallest absolute Gasteiger partial charge is 0.344 e. The normalized spacial score (nSPS) is 37.7. The SMILES string of the molecule is CCC(C)(C)C(=O)OCC(=O)OC1C2CC3C(=O)OC1(C)C3C2. The third kappa shape index (κ3) is 2.42. The highest BCUT2D eigenvalue weighted by Gasteiger charge is 2.70. The molecule has 1 saturated heterocycles. The van der Waals surface area contributed by atoms with E-state index in [1.54, 1.807) is 13.8 Å². The maximum Gasteiger partial charge on any atom is 0.344 e. The number of esters is 3. The fourth-order valence-corrected chi connectivity index (χ4v) is 4.18. The highest BCUT2D eigenvalue weighted by atomic mass is 16.6. The zero-order chi connectivity index (χ0) is 17.0. The van der Waals surface area contributed by atoms with Crippen molar-refractivity contribution in [2.24, 2.45) is 23.2 Å². The molecule has 5 atom stereocenters. The number of fused-ring (bicyclic) bond motifs is 1. The Bertz CT molecular complexity index is 553. The van der Waals surface area contributed by atoms with Gasteiger partial charge in [-0.15, -0.1) is 0 Å². The molecule has 0 N–H and O–H groups in total. The van der Waals surface area contributed by atoms with Crippen LogP contribution in [0.4, 0.5) is 0 Å². The second-order valence-corrected chi connectivity index (χ2v) is 7.77. The molecule has 0 aromatic rings. The van der Waals surface area contributed by atoms with Gasteiger partial charge in [0, 0.05) is 11.8 Å². The highest BCUT2D eigenvalue weighted by molar-refractivity contribution is 5.80. The van der Waals surface area contributed by atoms with Gasteiger partial charge in [-0.1, -0.05) is 6.92 Å². The van der Waals surface area contributed by atoms with E-state index in [4.69, 9.17) is 14.2 Å². The molecular weight excluding hydrogens is 300 g/mol. The maximum atomic E-state index is 12.1. The first-order valence-electron chi connectivity index (χ1n) is 8.28. The van der Waals surface area contributed by atoms with Gasteiger partial charge in [0.25, 0.3) is 0 Å². The molecule has 0 aromatic carbocycles. The zero-order valence-electron chi connectivity index (χ0n) is 14.1. The van der Waals surface area contributed by atoms with Gasteiger partial charge in [0.2, 0.25) is 0 Å². The van der Waals surface area contributed by atoms with E-state index in [-0.39, 0.29) is 23.7 Å². The summed E-state index contributed by atoms with van der Waals surface area (Å²) in [6.07, 6.45) is 1.77. The van der Waals surface area contributed by atoms with E-state index in [1.165, 1.54) is 0 Å². The summed E-state index contributed by atoms with van der Waals surface area (Å²) in [5.41, 5.74) is -1.33. The molecule has 6 nitrogen and oxygen atoms in total. The average molecular weight is 324 g/mol. The van der Waals surface area contributed by atoms with E-state index in [2.05, 4.69) is 0 Å². The van der Waals surface area contributed by atoms with Crippen molar-refractivity contribution in [1.29, 1.82) is 0 Å². The monoisotopic (exact) mass is 324 g/mol. The quantitative estimate of drug-likeness (QED) is 0.567. The van der Waals surface area contributed by atoms with Crippen molar-refractivity contribution in [3.63, 3.8) is 0 Å². The third-order valence-corrected chi connectivity index (χ3v) is 5.97. The van der Waals surface area contributed by atoms with Crippen LogP contribution in [0.1, 0.15) is 47.0 Å². The van der Waals surface area contributed by atoms with Crippen LogP contribution in [0.3, 0.4) is 0 Å². The summed E-state index contributed by atoms with van der Waals surface area (Å²) in [4.78, 5) is 35.8. The molecule has 2 saturated carbocycles. The van der Waals surface area contributed by atoms with Crippen molar-refractivity contribution < 1.29 is 28.6 Å². The molecule has 6 heteroatoms. The van der Waals surface area contributed by atoms with Gasteiger partial charge in [0.05, 0.1) is 11.3 Å². The number of rotatable bonds is 5. The number of hydrogen-bond donors (Lipinski definition) is 0. The lowest BCUT2D eigenvalue weighted by molar-refractivity contribution is -0.181. The Morgan fingerprint density at radius 2 is 2.04 bits per heavy atom. The lowest BCUT2D eigenvalue weighted by Crippen LogP contribution is -2.46. The molecule has 3 rings (SSSR count). The average Bonchev–Trinajstić information content (AvgIpc) is 3.08. The Morgan fingerprint density at radius 1 is 1.35 bits per heavy atom. The van der Waals surface area contributed by atoms with Crippen LogP contribution in [0.2, 0.25) is 0 Å². The summed E-state index contributed by atoms with van der Waals surface area (Å²) in [6, 6.07) is 0. The van der Waals surface area contributed by atoms with Gasteiger partial charge < -0.3 is 14.2 Å². The summed E-state index contributed by atoms with van der Waals surface area (Å²) in [5, 5.41) is 0. The molecule has 2 aliphatic carbocycles. The first-order valence-corrected chi connectivity index (χ1v) is 8.28. The second kappa shape index (κ2) is 5.21. The third-order valence-electron chi connectivity index (χ3n) is 5.97. The minimum atomic E-state index is -0.715. The minimum absolute atomic E-state index is 0.0388. The molecule has 23 heavy (non-hydrogen) atoms. The number of carbonyl (C=O) groups excluding carboxylic acids is 3. The van der Waals surface area contributed by atoms with Gasteiger partial charge in [0.15, 0.2) is 6.61 Å². The van der Waals surface area contributed by atoms with Crippen LogP contribution in [-0.4, -0.2) is 36.2 Å². The van der Waals surface area contributed by atoms with E-state index in [0.717, 1.165) is 12.8 Å². The van der Waals surface area contributed by atoms with Gasteiger partial charge in [-0.05, 0) is 40.0 Å². The fraction of sp³-hybridized carbons (Fsp3) is 0.824. The van der Waals surface area contributed by atoms with E-state index in [9.17, 15) is 14.4 Å². The highest BCUT2D eigenvalue weighted by Crippen LogP contribution is 2.61. The summed E-state index contributed by atoms with van der Waals surface area (Å²) < 4.78 is 16.1. The molecule has 0 aromatic heterocycles. The van der Waals surface area contributed by atoms with Crippen LogP contribution in [-0.2, 0) is 28.6 Å². The van der Waals surface area contributed by atoms with E-state index >= 15 is 0 Å². The first kappa shape index (κ1) is 16.3. The molecule has 3 aliphatic rings.